The van der Waals surface area contributed by atoms with Crippen molar-refractivity contribution < 1.29 is 27.9 Å². The number of alkyl halides is 2. The maximum Gasteiger partial charge on any atom is 0.387 e. The number of amides is 4. The minimum Gasteiger partial charge on any atom is -0.435 e. The molecular weight excluding hydrogens is 384 g/mol. The van der Waals surface area contributed by atoms with Gasteiger partial charge < -0.3 is 15.4 Å². The molecule has 7 nitrogen and oxygen atoms in total. The molecule has 4 amide bonds. The van der Waals surface area contributed by atoms with Crippen molar-refractivity contribution in [2.24, 2.45) is 0 Å². The minimum absolute atomic E-state index is 0.0547. The van der Waals surface area contributed by atoms with Gasteiger partial charge in [0, 0.05) is 5.69 Å². The highest BCUT2D eigenvalue weighted by atomic mass is 19.3. The first-order valence-electron chi connectivity index (χ1n) is 8.75. The monoisotopic (exact) mass is 403 g/mol. The largest absolute Gasteiger partial charge is 0.435 e. The number of benzene rings is 2. The summed E-state index contributed by atoms with van der Waals surface area (Å²) in [5, 5.41) is 5.14. The van der Waals surface area contributed by atoms with E-state index in [1.165, 1.54) is 24.3 Å². The van der Waals surface area contributed by atoms with E-state index in [1.807, 2.05) is 19.1 Å². The van der Waals surface area contributed by atoms with Crippen LogP contribution < -0.4 is 15.4 Å². The maximum absolute atomic E-state index is 12.8. The van der Waals surface area contributed by atoms with E-state index in [-0.39, 0.29) is 5.75 Å². The van der Waals surface area contributed by atoms with Crippen LogP contribution in [-0.2, 0) is 15.1 Å². The van der Waals surface area contributed by atoms with Crippen LogP contribution in [0, 0.1) is 6.92 Å². The van der Waals surface area contributed by atoms with Crippen LogP contribution in [0.4, 0.5) is 19.3 Å². The van der Waals surface area contributed by atoms with Crippen LogP contribution >= 0.6 is 0 Å². The molecule has 2 N–H and O–H groups in total. The highest BCUT2D eigenvalue weighted by molar-refractivity contribution is 6.10. The van der Waals surface area contributed by atoms with Crippen molar-refractivity contribution in [3.8, 4) is 5.75 Å². The van der Waals surface area contributed by atoms with Gasteiger partial charge in [-0.05, 0) is 43.7 Å². The molecule has 1 aliphatic heterocycles. The molecule has 9 heteroatoms. The SMILES string of the molecule is Cc1ccc([C@]2(C)NC(=O)N(CC(=O)Nc3ccc(OC(F)F)cc3)C2=O)cc1. The summed E-state index contributed by atoms with van der Waals surface area (Å²) >= 11 is 0. The Hall–Kier alpha value is -3.49. The molecule has 1 fully saturated rings. The number of nitrogens with one attached hydrogen (secondary N) is 2. The van der Waals surface area contributed by atoms with Crippen LogP contribution in [-0.4, -0.2) is 35.9 Å². The normalized spacial score (nSPS) is 18.7. The summed E-state index contributed by atoms with van der Waals surface area (Å²) in [5.41, 5.74) is 0.665. The first kappa shape index (κ1) is 20.2. The lowest BCUT2D eigenvalue weighted by Crippen LogP contribution is -2.42. The third-order valence-corrected chi connectivity index (χ3v) is 4.57. The standard InChI is InChI=1S/C20H19F2N3O4/c1-12-3-5-13(6-4-12)20(2)17(27)25(19(28)24-20)11-16(26)23-14-7-9-15(10-8-14)29-18(21)22/h3-10,18H,11H2,1-2H3,(H,23,26)(H,24,28)/t20-/m0/s1. The fourth-order valence-electron chi connectivity index (χ4n) is 2.99. The van der Waals surface area contributed by atoms with Gasteiger partial charge in [0.05, 0.1) is 0 Å². The fourth-order valence-corrected chi connectivity index (χ4v) is 2.99. The molecule has 1 atom stereocenters. The van der Waals surface area contributed by atoms with Gasteiger partial charge >= 0.3 is 12.6 Å². The lowest BCUT2D eigenvalue weighted by atomic mass is 9.91. The lowest BCUT2D eigenvalue weighted by molar-refractivity contribution is -0.133. The van der Waals surface area contributed by atoms with Gasteiger partial charge in [0.25, 0.3) is 5.91 Å². The van der Waals surface area contributed by atoms with Crippen LogP contribution in [0.2, 0.25) is 0 Å². The Balaban J connectivity index is 1.66. The molecule has 0 radical (unpaired) electrons. The van der Waals surface area contributed by atoms with E-state index in [9.17, 15) is 23.2 Å². The average molecular weight is 403 g/mol. The summed E-state index contributed by atoms with van der Waals surface area (Å²) in [4.78, 5) is 38.3. The number of imide groups is 1. The van der Waals surface area contributed by atoms with E-state index in [0.717, 1.165) is 10.5 Å². The number of anilines is 1. The van der Waals surface area contributed by atoms with E-state index >= 15 is 0 Å². The van der Waals surface area contributed by atoms with Gasteiger partial charge in [-0.2, -0.15) is 8.78 Å². The number of halogens is 2. The summed E-state index contributed by atoms with van der Waals surface area (Å²) < 4.78 is 28.6. The number of aryl methyl sites for hydroxylation is 1. The second-order valence-corrected chi connectivity index (χ2v) is 6.76. The molecule has 0 spiro atoms. The highest BCUT2D eigenvalue weighted by Gasteiger charge is 2.49. The zero-order valence-electron chi connectivity index (χ0n) is 15.7. The Kier molecular flexibility index (Phi) is 5.49. The van der Waals surface area contributed by atoms with Gasteiger partial charge in [0.15, 0.2) is 0 Å². The van der Waals surface area contributed by atoms with Crippen molar-refractivity contribution >= 4 is 23.5 Å². The van der Waals surface area contributed by atoms with Crippen molar-refractivity contribution in [1.82, 2.24) is 10.2 Å². The first-order valence-corrected chi connectivity index (χ1v) is 8.75. The van der Waals surface area contributed by atoms with Crippen molar-refractivity contribution in [2.75, 3.05) is 11.9 Å². The Bertz CT molecular complexity index is 932. The van der Waals surface area contributed by atoms with Gasteiger partial charge in [-0.15, -0.1) is 0 Å². The van der Waals surface area contributed by atoms with E-state index in [4.69, 9.17) is 0 Å². The summed E-state index contributed by atoms with van der Waals surface area (Å²) in [6.45, 7) is 0.0566. The average Bonchev–Trinajstić information content (AvgIpc) is 2.87. The second kappa shape index (κ2) is 7.86. The second-order valence-electron chi connectivity index (χ2n) is 6.76. The van der Waals surface area contributed by atoms with Crippen molar-refractivity contribution in [1.29, 1.82) is 0 Å². The molecule has 1 aliphatic rings. The van der Waals surface area contributed by atoms with Gasteiger partial charge in [0.1, 0.15) is 17.8 Å². The van der Waals surface area contributed by atoms with E-state index < -0.39 is 36.5 Å². The predicted molar refractivity (Wildman–Crippen MR) is 100 cm³/mol. The Morgan fingerprint density at radius 3 is 2.34 bits per heavy atom. The number of carbonyl (C=O) groups is 3. The summed E-state index contributed by atoms with van der Waals surface area (Å²) in [6, 6.07) is 11.8. The quantitative estimate of drug-likeness (QED) is 0.726. The molecule has 2 aromatic carbocycles. The Morgan fingerprint density at radius 1 is 1.14 bits per heavy atom. The van der Waals surface area contributed by atoms with Gasteiger partial charge in [0.2, 0.25) is 5.91 Å². The molecule has 0 aliphatic carbocycles. The van der Waals surface area contributed by atoms with Gasteiger partial charge in [-0.25, -0.2) is 4.79 Å². The third kappa shape index (κ3) is 4.34. The van der Waals surface area contributed by atoms with Crippen molar-refractivity contribution in [2.45, 2.75) is 26.0 Å². The van der Waals surface area contributed by atoms with E-state index in [0.29, 0.717) is 11.3 Å². The van der Waals surface area contributed by atoms with Crippen LogP contribution in [0.5, 0.6) is 5.75 Å². The molecule has 3 rings (SSSR count). The molecule has 0 unspecified atom stereocenters. The zero-order valence-corrected chi connectivity index (χ0v) is 15.7. The maximum atomic E-state index is 12.8. The molecule has 0 bridgehead atoms. The Morgan fingerprint density at radius 2 is 1.76 bits per heavy atom. The molecule has 29 heavy (non-hydrogen) atoms. The molecule has 0 saturated carbocycles. The number of urea groups is 1. The molecule has 0 aromatic heterocycles. The van der Waals surface area contributed by atoms with E-state index in [1.54, 1.807) is 19.1 Å². The highest BCUT2D eigenvalue weighted by Crippen LogP contribution is 2.29. The number of hydrogen-bond donors (Lipinski definition) is 2. The van der Waals surface area contributed by atoms with E-state index in [2.05, 4.69) is 15.4 Å². The summed E-state index contributed by atoms with van der Waals surface area (Å²) in [5.74, 6) is -1.20. The minimum atomic E-state index is -2.95. The van der Waals surface area contributed by atoms with Crippen LogP contribution in [0.3, 0.4) is 0 Å². The molecule has 2 aromatic rings. The van der Waals surface area contributed by atoms with Gasteiger partial charge in [-0.1, -0.05) is 29.8 Å². The zero-order chi connectivity index (χ0) is 21.2. The Labute approximate surface area is 165 Å². The molecular formula is C20H19F2N3O4. The molecule has 1 saturated heterocycles. The van der Waals surface area contributed by atoms with Crippen LogP contribution in [0.25, 0.3) is 0 Å². The number of carbonyl (C=O) groups excluding carboxylic acids is 3. The van der Waals surface area contributed by atoms with Gasteiger partial charge in [-0.3, -0.25) is 14.5 Å². The van der Waals surface area contributed by atoms with Crippen LogP contribution in [0.1, 0.15) is 18.1 Å². The smallest absolute Gasteiger partial charge is 0.387 e. The fraction of sp³-hybridized carbons (Fsp3) is 0.250. The number of nitrogens with zero attached hydrogens (tertiary/aromatic N) is 1. The number of ether oxygens (including phenoxy) is 1. The van der Waals surface area contributed by atoms with Crippen LogP contribution in [0.15, 0.2) is 48.5 Å². The van der Waals surface area contributed by atoms with Crippen molar-refractivity contribution in [3.63, 3.8) is 0 Å². The first-order chi connectivity index (χ1) is 13.7. The number of hydrogen-bond acceptors (Lipinski definition) is 4. The summed E-state index contributed by atoms with van der Waals surface area (Å²) in [6.07, 6.45) is 0. The topological polar surface area (TPSA) is 87.7 Å². The molecule has 1 heterocycles. The van der Waals surface area contributed by atoms with Crippen molar-refractivity contribution in [3.05, 3.63) is 59.7 Å². The predicted octanol–water partition coefficient (Wildman–Crippen LogP) is 3.00. The third-order valence-electron chi connectivity index (χ3n) is 4.57. The summed E-state index contributed by atoms with van der Waals surface area (Å²) in [7, 11) is 0. The molecule has 152 valence electrons. The lowest BCUT2D eigenvalue weighted by Gasteiger charge is -2.22. The number of rotatable bonds is 6.